The number of carbonyl (C=O) groups is 1. The number of benzene rings is 3. The minimum atomic E-state index is -0.449. The molecule has 0 saturated carbocycles. The second kappa shape index (κ2) is 9.88. The zero-order valence-corrected chi connectivity index (χ0v) is 19.7. The molecular formula is C27H27N3O2S. The van der Waals surface area contributed by atoms with E-state index in [-0.39, 0.29) is 12.0 Å². The van der Waals surface area contributed by atoms with Crippen molar-refractivity contribution in [3.63, 3.8) is 0 Å². The van der Waals surface area contributed by atoms with Gasteiger partial charge in [-0.3, -0.25) is 4.79 Å². The van der Waals surface area contributed by atoms with E-state index in [1.54, 1.807) is 0 Å². The first-order valence-corrected chi connectivity index (χ1v) is 11.3. The van der Waals surface area contributed by atoms with Crippen LogP contribution in [0.1, 0.15) is 36.6 Å². The molecule has 1 aliphatic rings. The molecule has 5 nitrogen and oxygen atoms in total. The van der Waals surface area contributed by atoms with E-state index in [4.69, 9.17) is 17.0 Å². The number of hydrogen-bond donors (Lipinski definition) is 3. The maximum atomic E-state index is 13.7. The van der Waals surface area contributed by atoms with Gasteiger partial charge in [-0.05, 0) is 68.4 Å². The van der Waals surface area contributed by atoms with E-state index in [1.165, 1.54) is 0 Å². The number of nitrogens with one attached hydrogen (secondary N) is 3. The van der Waals surface area contributed by atoms with Gasteiger partial charge in [0.15, 0.2) is 5.11 Å². The van der Waals surface area contributed by atoms with Gasteiger partial charge in [-0.15, -0.1) is 0 Å². The highest BCUT2D eigenvalue weighted by Gasteiger charge is 2.32. The molecule has 0 aliphatic carbocycles. The molecule has 1 aliphatic heterocycles. The molecule has 33 heavy (non-hydrogen) atoms. The highest BCUT2D eigenvalue weighted by atomic mass is 32.1. The second-order valence-corrected chi connectivity index (χ2v) is 8.65. The van der Waals surface area contributed by atoms with E-state index in [9.17, 15) is 4.79 Å². The van der Waals surface area contributed by atoms with E-state index in [0.29, 0.717) is 16.4 Å². The first-order chi connectivity index (χ1) is 15.9. The molecule has 168 valence electrons. The number of aryl methyl sites for hydroxylation is 1. The number of amides is 1. The van der Waals surface area contributed by atoms with Crippen molar-refractivity contribution in [2.75, 3.05) is 5.32 Å². The summed E-state index contributed by atoms with van der Waals surface area (Å²) in [7, 11) is 0. The zero-order valence-electron chi connectivity index (χ0n) is 18.9. The predicted molar refractivity (Wildman–Crippen MR) is 137 cm³/mol. The SMILES string of the molecule is Cc1ccc(NC(=O)C2=C(c3ccccc3)NC(=S)N[C@@H]2c2cccc(OC(C)C)c2)cc1. The Hall–Kier alpha value is -3.64. The molecule has 1 amide bonds. The fourth-order valence-corrected chi connectivity index (χ4v) is 3.99. The molecule has 3 aromatic carbocycles. The Kier molecular flexibility index (Phi) is 6.75. The molecule has 0 unspecified atom stereocenters. The molecule has 4 rings (SSSR count). The fraction of sp³-hybridized carbons (Fsp3) is 0.185. The van der Waals surface area contributed by atoms with Crippen LogP contribution in [0.5, 0.6) is 5.75 Å². The number of carbonyl (C=O) groups excluding carboxylic acids is 1. The lowest BCUT2D eigenvalue weighted by Crippen LogP contribution is -2.45. The number of anilines is 1. The zero-order chi connectivity index (χ0) is 23.4. The quantitative estimate of drug-likeness (QED) is 0.436. The maximum Gasteiger partial charge on any atom is 0.256 e. The number of thiocarbonyl (C=S) groups is 1. The summed E-state index contributed by atoms with van der Waals surface area (Å²) in [4.78, 5) is 13.7. The largest absolute Gasteiger partial charge is 0.491 e. The first-order valence-electron chi connectivity index (χ1n) is 10.9. The van der Waals surface area contributed by atoms with Crippen molar-refractivity contribution in [2.45, 2.75) is 32.9 Å². The van der Waals surface area contributed by atoms with Gasteiger partial charge in [0.2, 0.25) is 0 Å². The summed E-state index contributed by atoms with van der Waals surface area (Å²) in [5.41, 5.74) is 4.87. The third-order valence-corrected chi connectivity index (χ3v) is 5.47. The van der Waals surface area contributed by atoms with E-state index < -0.39 is 6.04 Å². The van der Waals surface area contributed by atoms with E-state index in [2.05, 4.69) is 16.0 Å². The molecule has 0 aromatic heterocycles. The summed E-state index contributed by atoms with van der Waals surface area (Å²) >= 11 is 5.53. The van der Waals surface area contributed by atoms with Crippen LogP contribution in [0.2, 0.25) is 0 Å². The van der Waals surface area contributed by atoms with Crippen LogP contribution in [0.4, 0.5) is 5.69 Å². The summed E-state index contributed by atoms with van der Waals surface area (Å²) in [6.45, 7) is 5.98. The van der Waals surface area contributed by atoms with Crippen molar-refractivity contribution in [3.05, 3.63) is 101 Å². The van der Waals surface area contributed by atoms with Crippen LogP contribution in [-0.2, 0) is 4.79 Å². The first kappa shape index (κ1) is 22.6. The van der Waals surface area contributed by atoms with Crippen LogP contribution in [0.3, 0.4) is 0 Å². The number of hydrogen-bond acceptors (Lipinski definition) is 3. The molecule has 0 fully saturated rings. The van der Waals surface area contributed by atoms with Crippen molar-refractivity contribution >= 4 is 34.6 Å². The molecule has 0 spiro atoms. The van der Waals surface area contributed by atoms with Crippen molar-refractivity contribution in [1.29, 1.82) is 0 Å². The van der Waals surface area contributed by atoms with E-state index in [1.807, 2.05) is 99.6 Å². The normalized spacial score (nSPS) is 15.6. The molecule has 3 aromatic rings. The van der Waals surface area contributed by atoms with Crippen molar-refractivity contribution < 1.29 is 9.53 Å². The molecule has 1 atom stereocenters. The molecule has 3 N–H and O–H groups in total. The molecule has 1 heterocycles. The molecular weight excluding hydrogens is 430 g/mol. The summed E-state index contributed by atoms with van der Waals surface area (Å²) in [5, 5.41) is 10.0. The molecule has 6 heteroatoms. The lowest BCUT2D eigenvalue weighted by Gasteiger charge is -2.32. The Labute approximate surface area is 199 Å². The number of rotatable bonds is 6. The van der Waals surface area contributed by atoms with Crippen LogP contribution in [0, 0.1) is 6.92 Å². The molecule has 0 saturated heterocycles. The Bertz CT molecular complexity index is 1190. The maximum absolute atomic E-state index is 13.7. The Morgan fingerprint density at radius 3 is 2.42 bits per heavy atom. The summed E-state index contributed by atoms with van der Waals surface area (Å²) in [6, 6.07) is 24.8. The van der Waals surface area contributed by atoms with Gasteiger partial charge in [-0.25, -0.2) is 0 Å². The van der Waals surface area contributed by atoms with Gasteiger partial charge in [0.25, 0.3) is 5.91 Å². The number of ether oxygens (including phenoxy) is 1. The van der Waals surface area contributed by atoms with Gasteiger partial charge in [0, 0.05) is 5.69 Å². The van der Waals surface area contributed by atoms with Gasteiger partial charge in [0.05, 0.1) is 23.4 Å². The summed E-state index contributed by atoms with van der Waals surface area (Å²) in [6.07, 6.45) is 0.0436. The highest BCUT2D eigenvalue weighted by molar-refractivity contribution is 7.80. The van der Waals surface area contributed by atoms with Crippen LogP contribution >= 0.6 is 12.2 Å². The van der Waals surface area contributed by atoms with Gasteiger partial charge >= 0.3 is 0 Å². The molecule has 0 bridgehead atoms. The lowest BCUT2D eigenvalue weighted by molar-refractivity contribution is -0.113. The van der Waals surface area contributed by atoms with Gasteiger partial charge in [-0.2, -0.15) is 0 Å². The van der Waals surface area contributed by atoms with Crippen molar-refractivity contribution in [1.82, 2.24) is 10.6 Å². The van der Waals surface area contributed by atoms with E-state index in [0.717, 1.165) is 28.1 Å². The topological polar surface area (TPSA) is 62.4 Å². The van der Waals surface area contributed by atoms with Crippen LogP contribution in [0.25, 0.3) is 5.70 Å². The van der Waals surface area contributed by atoms with Crippen LogP contribution in [0.15, 0.2) is 84.4 Å². The fourth-order valence-electron chi connectivity index (χ4n) is 3.77. The average Bonchev–Trinajstić information content (AvgIpc) is 2.80. The molecule has 0 radical (unpaired) electrons. The van der Waals surface area contributed by atoms with E-state index >= 15 is 0 Å². The summed E-state index contributed by atoms with van der Waals surface area (Å²) in [5.74, 6) is 0.536. The van der Waals surface area contributed by atoms with Gasteiger partial charge in [-0.1, -0.05) is 60.2 Å². The minimum absolute atomic E-state index is 0.0436. The highest BCUT2D eigenvalue weighted by Crippen LogP contribution is 2.33. The van der Waals surface area contributed by atoms with Crippen LogP contribution in [-0.4, -0.2) is 17.1 Å². The van der Waals surface area contributed by atoms with Crippen molar-refractivity contribution in [2.24, 2.45) is 0 Å². The smallest absolute Gasteiger partial charge is 0.256 e. The predicted octanol–water partition coefficient (Wildman–Crippen LogP) is 5.35. The Balaban J connectivity index is 1.80. The standard InChI is InChI=1S/C27H27N3O2S/c1-17(2)32-22-11-7-10-20(16-22)25-23(26(31)28-21-14-12-18(3)13-15-21)24(29-27(33)30-25)19-8-5-4-6-9-19/h4-17,25H,1-3H3,(H,28,31)(H2,29,30,33)/t25-/m1/s1. The van der Waals surface area contributed by atoms with Gasteiger partial charge in [0.1, 0.15) is 5.75 Å². The minimum Gasteiger partial charge on any atom is -0.491 e. The monoisotopic (exact) mass is 457 g/mol. The third kappa shape index (κ3) is 5.41. The summed E-state index contributed by atoms with van der Waals surface area (Å²) < 4.78 is 5.89. The Morgan fingerprint density at radius 1 is 1.00 bits per heavy atom. The lowest BCUT2D eigenvalue weighted by atomic mass is 9.92. The average molecular weight is 458 g/mol. The van der Waals surface area contributed by atoms with Gasteiger partial charge < -0.3 is 20.7 Å². The van der Waals surface area contributed by atoms with Crippen LogP contribution < -0.4 is 20.7 Å². The van der Waals surface area contributed by atoms with Crippen molar-refractivity contribution in [3.8, 4) is 5.75 Å². The third-order valence-electron chi connectivity index (χ3n) is 5.25. The second-order valence-electron chi connectivity index (χ2n) is 8.25. The Morgan fingerprint density at radius 2 is 1.73 bits per heavy atom.